The molecule has 3 nitrogen and oxygen atoms in total. The van der Waals surface area contributed by atoms with E-state index in [0.29, 0.717) is 5.92 Å². The molecule has 0 saturated carbocycles. The maximum Gasteiger partial charge on any atom is 0.306 e. The van der Waals surface area contributed by atoms with E-state index in [1.54, 1.807) is 6.92 Å². The first-order chi connectivity index (χ1) is 9.54. The third-order valence-electron chi connectivity index (χ3n) is 4.03. The molecule has 0 bridgehead atoms. The molecule has 0 amide bonds. The van der Waals surface area contributed by atoms with Crippen LogP contribution in [-0.2, 0) is 11.3 Å². The lowest BCUT2D eigenvalue weighted by molar-refractivity contribution is -0.141. The fraction of sp³-hybridized carbons (Fsp3) is 0.562. The summed E-state index contributed by atoms with van der Waals surface area (Å²) < 4.78 is 0. The van der Waals surface area contributed by atoms with Gasteiger partial charge in [0.25, 0.3) is 0 Å². The third-order valence-corrected chi connectivity index (χ3v) is 4.28. The number of likely N-dealkylation sites (tertiary alicyclic amines) is 1. The highest BCUT2D eigenvalue weighted by Crippen LogP contribution is 2.24. The Labute approximate surface area is 125 Å². The van der Waals surface area contributed by atoms with Crippen LogP contribution in [0.5, 0.6) is 0 Å². The number of rotatable bonds is 5. The van der Waals surface area contributed by atoms with Crippen molar-refractivity contribution in [2.75, 3.05) is 13.1 Å². The zero-order valence-electron chi connectivity index (χ0n) is 11.9. The minimum atomic E-state index is -0.681. The van der Waals surface area contributed by atoms with Crippen molar-refractivity contribution in [1.29, 1.82) is 0 Å². The van der Waals surface area contributed by atoms with Gasteiger partial charge in [-0.15, -0.1) is 0 Å². The van der Waals surface area contributed by atoms with Gasteiger partial charge in [0.1, 0.15) is 0 Å². The Morgan fingerprint density at radius 1 is 1.45 bits per heavy atom. The van der Waals surface area contributed by atoms with Gasteiger partial charge in [0.2, 0.25) is 0 Å². The molecule has 0 aromatic heterocycles. The third kappa shape index (κ3) is 4.50. The number of hydrogen-bond acceptors (Lipinski definition) is 2. The van der Waals surface area contributed by atoms with Gasteiger partial charge in [0.15, 0.2) is 0 Å². The normalized spacial score (nSPS) is 21.6. The summed E-state index contributed by atoms with van der Waals surface area (Å²) in [6, 6.07) is 7.97. The molecule has 0 aliphatic carbocycles. The van der Waals surface area contributed by atoms with Gasteiger partial charge in [-0.05, 0) is 49.4 Å². The van der Waals surface area contributed by atoms with Crippen molar-refractivity contribution in [1.82, 2.24) is 4.90 Å². The number of aliphatic carboxylic acids is 1. The molecule has 1 aromatic rings. The Balaban J connectivity index is 1.87. The van der Waals surface area contributed by atoms with Crippen LogP contribution in [-0.4, -0.2) is 29.1 Å². The van der Waals surface area contributed by atoms with E-state index in [9.17, 15) is 4.79 Å². The molecular formula is C16H22ClNO2. The van der Waals surface area contributed by atoms with Crippen LogP contribution in [0.25, 0.3) is 0 Å². The Morgan fingerprint density at radius 3 is 2.80 bits per heavy atom. The second-order valence-corrected chi connectivity index (χ2v) is 6.28. The molecule has 1 saturated heterocycles. The lowest BCUT2D eigenvalue weighted by Crippen LogP contribution is -2.36. The molecule has 1 N–H and O–H groups in total. The summed E-state index contributed by atoms with van der Waals surface area (Å²) in [6.45, 7) is 4.83. The summed E-state index contributed by atoms with van der Waals surface area (Å²) in [7, 11) is 0. The van der Waals surface area contributed by atoms with Gasteiger partial charge >= 0.3 is 5.97 Å². The molecule has 4 heteroatoms. The molecule has 1 aliphatic rings. The van der Waals surface area contributed by atoms with Gasteiger partial charge in [0.05, 0.1) is 5.92 Å². The molecule has 1 aliphatic heterocycles. The lowest BCUT2D eigenvalue weighted by atomic mass is 9.89. The fourth-order valence-electron chi connectivity index (χ4n) is 2.94. The van der Waals surface area contributed by atoms with Gasteiger partial charge in [-0.3, -0.25) is 9.69 Å². The second-order valence-electron chi connectivity index (χ2n) is 5.84. The number of carbonyl (C=O) groups is 1. The summed E-state index contributed by atoms with van der Waals surface area (Å²) in [5, 5.41) is 9.78. The zero-order chi connectivity index (χ0) is 14.5. The standard InChI is InChI=1S/C16H22ClNO2/c1-12(16(19)20)9-14-3-2-8-18(11-14)10-13-4-6-15(17)7-5-13/h4-7,12,14H,2-3,8-11H2,1H3,(H,19,20). The zero-order valence-corrected chi connectivity index (χ0v) is 12.6. The van der Waals surface area contributed by atoms with E-state index in [1.165, 1.54) is 5.56 Å². The van der Waals surface area contributed by atoms with Crippen molar-refractivity contribution in [2.24, 2.45) is 11.8 Å². The maximum absolute atomic E-state index is 11.0. The maximum atomic E-state index is 11.0. The Morgan fingerprint density at radius 2 is 2.15 bits per heavy atom. The van der Waals surface area contributed by atoms with Gasteiger partial charge in [-0.25, -0.2) is 0 Å². The van der Waals surface area contributed by atoms with Gasteiger partial charge < -0.3 is 5.11 Å². The number of benzene rings is 1. The predicted molar refractivity (Wildman–Crippen MR) is 80.9 cm³/mol. The number of nitrogens with zero attached hydrogens (tertiary/aromatic N) is 1. The van der Waals surface area contributed by atoms with Crippen molar-refractivity contribution in [3.8, 4) is 0 Å². The topological polar surface area (TPSA) is 40.5 Å². The number of halogens is 1. The first kappa shape index (κ1) is 15.3. The molecule has 1 aromatic carbocycles. The highest BCUT2D eigenvalue weighted by Gasteiger charge is 2.24. The van der Waals surface area contributed by atoms with Crippen molar-refractivity contribution in [3.05, 3.63) is 34.9 Å². The molecule has 110 valence electrons. The van der Waals surface area contributed by atoms with E-state index in [-0.39, 0.29) is 5.92 Å². The largest absolute Gasteiger partial charge is 0.481 e. The van der Waals surface area contributed by atoms with Gasteiger partial charge in [0, 0.05) is 18.1 Å². The van der Waals surface area contributed by atoms with Crippen LogP contribution in [0.1, 0.15) is 31.7 Å². The van der Waals surface area contributed by atoms with Crippen molar-refractivity contribution >= 4 is 17.6 Å². The SMILES string of the molecule is CC(CC1CCCN(Cc2ccc(Cl)cc2)C1)C(=O)O. The van der Waals surface area contributed by atoms with Gasteiger partial charge in [-0.2, -0.15) is 0 Å². The average molecular weight is 296 g/mol. The van der Waals surface area contributed by atoms with E-state index in [4.69, 9.17) is 16.7 Å². The van der Waals surface area contributed by atoms with Crippen LogP contribution in [0.4, 0.5) is 0 Å². The smallest absolute Gasteiger partial charge is 0.306 e. The molecule has 20 heavy (non-hydrogen) atoms. The quantitative estimate of drug-likeness (QED) is 0.901. The fourth-order valence-corrected chi connectivity index (χ4v) is 3.06. The Bertz CT molecular complexity index is 446. The predicted octanol–water partition coefficient (Wildman–Crippen LogP) is 3.66. The minimum absolute atomic E-state index is 0.240. The molecule has 0 radical (unpaired) electrons. The molecule has 1 heterocycles. The average Bonchev–Trinajstić information content (AvgIpc) is 2.42. The highest BCUT2D eigenvalue weighted by molar-refractivity contribution is 6.30. The highest BCUT2D eigenvalue weighted by atomic mass is 35.5. The first-order valence-corrected chi connectivity index (χ1v) is 7.62. The molecule has 0 spiro atoms. The summed E-state index contributed by atoms with van der Waals surface area (Å²) in [5.41, 5.74) is 1.27. The summed E-state index contributed by atoms with van der Waals surface area (Å²) >= 11 is 5.90. The number of piperidine rings is 1. The molecule has 2 atom stereocenters. The monoisotopic (exact) mass is 295 g/mol. The minimum Gasteiger partial charge on any atom is -0.481 e. The Kier molecular flexibility index (Phi) is 5.44. The second kappa shape index (κ2) is 7.09. The summed E-state index contributed by atoms with van der Waals surface area (Å²) in [5.74, 6) is -0.419. The number of carboxylic acids is 1. The van der Waals surface area contributed by atoms with E-state index < -0.39 is 5.97 Å². The van der Waals surface area contributed by atoms with Crippen LogP contribution in [0.15, 0.2) is 24.3 Å². The van der Waals surface area contributed by atoms with Crippen LogP contribution in [0.3, 0.4) is 0 Å². The van der Waals surface area contributed by atoms with Gasteiger partial charge in [-0.1, -0.05) is 30.7 Å². The van der Waals surface area contributed by atoms with Crippen molar-refractivity contribution in [3.63, 3.8) is 0 Å². The lowest BCUT2D eigenvalue weighted by Gasteiger charge is -2.33. The first-order valence-electron chi connectivity index (χ1n) is 7.24. The Hall–Kier alpha value is -1.06. The number of hydrogen-bond donors (Lipinski definition) is 1. The molecule has 1 fully saturated rings. The molecule has 2 rings (SSSR count). The van der Waals surface area contributed by atoms with E-state index in [0.717, 1.165) is 43.9 Å². The van der Waals surface area contributed by atoms with Crippen LogP contribution in [0.2, 0.25) is 5.02 Å². The summed E-state index contributed by atoms with van der Waals surface area (Å²) in [6.07, 6.45) is 3.09. The van der Waals surface area contributed by atoms with E-state index >= 15 is 0 Å². The van der Waals surface area contributed by atoms with Crippen molar-refractivity contribution < 1.29 is 9.90 Å². The van der Waals surface area contributed by atoms with Crippen LogP contribution in [0, 0.1) is 11.8 Å². The van der Waals surface area contributed by atoms with Crippen LogP contribution < -0.4 is 0 Å². The van der Waals surface area contributed by atoms with E-state index in [2.05, 4.69) is 17.0 Å². The van der Waals surface area contributed by atoms with Crippen molar-refractivity contribution in [2.45, 2.75) is 32.7 Å². The van der Waals surface area contributed by atoms with E-state index in [1.807, 2.05) is 12.1 Å². The molecular weight excluding hydrogens is 274 g/mol. The number of carboxylic acid groups (broad SMARTS) is 1. The van der Waals surface area contributed by atoms with Crippen LogP contribution >= 0.6 is 11.6 Å². The summed E-state index contributed by atoms with van der Waals surface area (Å²) in [4.78, 5) is 13.4. The molecule has 2 unspecified atom stereocenters.